The Hall–Kier alpha value is -0.690. The van der Waals surface area contributed by atoms with E-state index in [9.17, 15) is 9.90 Å². The van der Waals surface area contributed by atoms with Gasteiger partial charge in [-0.3, -0.25) is 0 Å². The fourth-order valence-corrected chi connectivity index (χ4v) is 0.688. The zero-order valence-electron chi connectivity index (χ0n) is 8.02. The minimum atomic E-state index is -0.858. The summed E-state index contributed by atoms with van der Waals surface area (Å²) in [6.07, 6.45) is -0.133. The van der Waals surface area contributed by atoms with Crippen LogP contribution in [0.4, 0.5) is 0 Å². The van der Waals surface area contributed by atoms with Crippen molar-refractivity contribution in [1.29, 1.82) is 0 Å². The van der Waals surface area contributed by atoms with Crippen molar-refractivity contribution in [3.8, 4) is 0 Å². The largest absolute Gasteiger partial charge is 0.461 e. The van der Waals surface area contributed by atoms with E-state index in [2.05, 4.69) is 4.74 Å². The average Bonchev–Trinajstić information content (AvgIpc) is 2.21. The van der Waals surface area contributed by atoms with Gasteiger partial charge in [-0.05, 0) is 13.0 Å². The van der Waals surface area contributed by atoms with Gasteiger partial charge in [-0.15, -0.1) is 0 Å². The normalized spacial score (nSPS) is 12.5. The Kier molecular flexibility index (Phi) is 8.45. The number of rotatable bonds is 8. The predicted molar refractivity (Wildman–Crippen MR) is 48.5 cm³/mol. The minimum Gasteiger partial charge on any atom is -0.461 e. The van der Waals surface area contributed by atoms with Crippen molar-refractivity contribution in [3.05, 3.63) is 0 Å². The Morgan fingerprint density at radius 1 is 1.43 bits per heavy atom. The summed E-state index contributed by atoms with van der Waals surface area (Å²) in [6, 6.07) is 0. The molecular weight excluding hydrogens is 190 g/mol. The van der Waals surface area contributed by atoms with E-state index in [1.807, 2.05) is 0 Å². The molecule has 4 N–H and O–H groups in total. The number of hydrogen-bond acceptors (Lipinski definition) is 6. The number of hydrogen-bond donors (Lipinski definition) is 3. The summed E-state index contributed by atoms with van der Waals surface area (Å²) in [5, 5.41) is 17.5. The zero-order valence-corrected chi connectivity index (χ0v) is 8.02. The molecule has 0 aliphatic rings. The summed E-state index contributed by atoms with van der Waals surface area (Å²) in [5.74, 6) is -0.758. The van der Waals surface area contributed by atoms with Crippen molar-refractivity contribution in [3.63, 3.8) is 0 Å². The maximum Gasteiger partial charge on any atom is 0.331 e. The van der Waals surface area contributed by atoms with E-state index in [4.69, 9.17) is 15.6 Å². The van der Waals surface area contributed by atoms with E-state index in [1.165, 1.54) is 0 Å². The van der Waals surface area contributed by atoms with Crippen LogP contribution >= 0.6 is 0 Å². The molecule has 0 aromatic heterocycles. The number of nitrogens with two attached hydrogens (primary N) is 1. The second kappa shape index (κ2) is 8.89. The lowest BCUT2D eigenvalue weighted by Crippen LogP contribution is -2.25. The van der Waals surface area contributed by atoms with E-state index >= 15 is 0 Å². The number of aliphatic hydroxyl groups excluding tert-OH is 2. The summed E-state index contributed by atoms with van der Waals surface area (Å²) in [5.41, 5.74) is 5.22. The molecule has 84 valence electrons. The van der Waals surface area contributed by atoms with Gasteiger partial charge in [-0.2, -0.15) is 0 Å². The average molecular weight is 207 g/mol. The van der Waals surface area contributed by atoms with Crippen LogP contribution in [0.3, 0.4) is 0 Å². The van der Waals surface area contributed by atoms with Gasteiger partial charge in [0.05, 0.1) is 6.61 Å². The summed E-state index contributed by atoms with van der Waals surface area (Å²) >= 11 is 0. The highest BCUT2D eigenvalue weighted by atomic mass is 16.6. The monoisotopic (exact) mass is 207 g/mol. The highest BCUT2D eigenvalue weighted by Crippen LogP contribution is 1.89. The van der Waals surface area contributed by atoms with E-state index in [0.717, 1.165) is 6.42 Å². The Morgan fingerprint density at radius 3 is 2.71 bits per heavy atom. The maximum absolute atomic E-state index is 10.5. The predicted octanol–water partition coefficient (Wildman–Crippen LogP) is -1.75. The van der Waals surface area contributed by atoms with Gasteiger partial charge in [0.1, 0.15) is 19.3 Å². The molecule has 0 heterocycles. The Balaban J connectivity index is 3.27. The van der Waals surface area contributed by atoms with Gasteiger partial charge in [-0.25, -0.2) is 4.79 Å². The van der Waals surface area contributed by atoms with Gasteiger partial charge in [-0.1, -0.05) is 0 Å². The first-order valence-corrected chi connectivity index (χ1v) is 4.43. The molecule has 0 aromatic carbocycles. The molecule has 0 saturated heterocycles. The fraction of sp³-hybridized carbons (Fsp3) is 0.875. The molecule has 14 heavy (non-hydrogen) atoms. The molecule has 0 amide bonds. The summed E-state index contributed by atoms with van der Waals surface area (Å²) in [4.78, 5) is 10.5. The maximum atomic E-state index is 10.5. The second-order valence-corrected chi connectivity index (χ2v) is 2.71. The SMILES string of the molecule is NCCCOCC(O)COC(=O)CO. The van der Waals surface area contributed by atoms with E-state index < -0.39 is 18.7 Å². The van der Waals surface area contributed by atoms with Gasteiger partial charge < -0.3 is 25.4 Å². The van der Waals surface area contributed by atoms with Gasteiger partial charge in [0, 0.05) is 6.61 Å². The first-order valence-electron chi connectivity index (χ1n) is 4.43. The van der Waals surface area contributed by atoms with Gasteiger partial charge in [0.2, 0.25) is 0 Å². The molecule has 0 saturated carbocycles. The lowest BCUT2D eigenvalue weighted by atomic mass is 10.4. The highest BCUT2D eigenvalue weighted by molar-refractivity contribution is 5.70. The summed E-state index contributed by atoms with van der Waals surface area (Å²) < 4.78 is 9.48. The van der Waals surface area contributed by atoms with Crippen LogP contribution < -0.4 is 5.73 Å². The van der Waals surface area contributed by atoms with Crippen LogP contribution in [-0.2, 0) is 14.3 Å². The second-order valence-electron chi connectivity index (χ2n) is 2.71. The van der Waals surface area contributed by atoms with Crippen LogP contribution in [0, 0.1) is 0 Å². The highest BCUT2D eigenvalue weighted by Gasteiger charge is 2.07. The van der Waals surface area contributed by atoms with E-state index in [-0.39, 0.29) is 13.2 Å². The molecule has 0 fully saturated rings. The van der Waals surface area contributed by atoms with E-state index in [1.54, 1.807) is 0 Å². The lowest BCUT2D eigenvalue weighted by molar-refractivity contribution is -0.151. The van der Waals surface area contributed by atoms with Gasteiger partial charge >= 0.3 is 5.97 Å². The van der Waals surface area contributed by atoms with Crippen molar-refractivity contribution in [2.75, 3.05) is 33.0 Å². The summed E-state index contributed by atoms with van der Waals surface area (Å²) in [6.45, 7) is 0.262. The van der Waals surface area contributed by atoms with Crippen molar-refractivity contribution in [2.45, 2.75) is 12.5 Å². The first-order chi connectivity index (χ1) is 6.70. The fourth-order valence-electron chi connectivity index (χ4n) is 0.688. The lowest BCUT2D eigenvalue weighted by Gasteiger charge is -2.10. The molecule has 1 unspecified atom stereocenters. The molecule has 0 bridgehead atoms. The molecule has 6 nitrogen and oxygen atoms in total. The number of esters is 1. The number of ether oxygens (including phenoxy) is 2. The third kappa shape index (κ3) is 7.93. The third-order valence-electron chi connectivity index (χ3n) is 1.37. The van der Waals surface area contributed by atoms with Crippen LogP contribution in [0.2, 0.25) is 0 Å². The molecule has 6 heteroatoms. The van der Waals surface area contributed by atoms with Crippen LogP contribution in [0.25, 0.3) is 0 Å². The molecular formula is C8H17NO5. The van der Waals surface area contributed by atoms with Crippen molar-refractivity contribution in [1.82, 2.24) is 0 Å². The first kappa shape index (κ1) is 13.3. The van der Waals surface area contributed by atoms with Crippen LogP contribution in [0.5, 0.6) is 0 Å². The van der Waals surface area contributed by atoms with Crippen molar-refractivity contribution < 1.29 is 24.5 Å². The molecule has 0 rings (SSSR count). The number of aliphatic hydroxyl groups is 2. The molecule has 0 aliphatic carbocycles. The van der Waals surface area contributed by atoms with Crippen LogP contribution in [0.1, 0.15) is 6.42 Å². The molecule has 1 atom stereocenters. The smallest absolute Gasteiger partial charge is 0.331 e. The van der Waals surface area contributed by atoms with E-state index in [0.29, 0.717) is 13.2 Å². The Bertz CT molecular complexity index is 153. The molecule has 0 spiro atoms. The Morgan fingerprint density at radius 2 is 2.14 bits per heavy atom. The number of carbonyl (C=O) groups excluding carboxylic acids is 1. The standard InChI is InChI=1S/C8H17NO5/c9-2-1-3-13-5-7(11)6-14-8(12)4-10/h7,10-11H,1-6,9H2. The molecule has 0 radical (unpaired) electrons. The minimum absolute atomic E-state index is 0.0959. The topological polar surface area (TPSA) is 102 Å². The number of carbonyl (C=O) groups is 1. The quantitative estimate of drug-likeness (QED) is 0.322. The van der Waals surface area contributed by atoms with Crippen molar-refractivity contribution in [2.24, 2.45) is 5.73 Å². The third-order valence-corrected chi connectivity index (χ3v) is 1.37. The molecule has 0 aliphatic heterocycles. The summed E-state index contributed by atoms with van der Waals surface area (Å²) in [7, 11) is 0. The Labute approximate surface area is 82.6 Å². The van der Waals surface area contributed by atoms with Gasteiger partial charge in [0.15, 0.2) is 0 Å². The van der Waals surface area contributed by atoms with Gasteiger partial charge in [0.25, 0.3) is 0 Å². The zero-order chi connectivity index (χ0) is 10.8. The van der Waals surface area contributed by atoms with Crippen LogP contribution in [-0.4, -0.2) is 55.3 Å². The van der Waals surface area contributed by atoms with Crippen LogP contribution in [0.15, 0.2) is 0 Å². The van der Waals surface area contributed by atoms with Crippen molar-refractivity contribution >= 4 is 5.97 Å². The molecule has 0 aromatic rings.